The Morgan fingerprint density at radius 2 is 2.06 bits per heavy atom. The maximum Gasteiger partial charge on any atom is 0.152 e. The smallest absolute Gasteiger partial charge is 0.152 e. The minimum atomic E-state index is 0.658. The van der Waals surface area contributed by atoms with Crippen LogP contribution >= 0.6 is 11.8 Å². The van der Waals surface area contributed by atoms with E-state index in [2.05, 4.69) is 24.0 Å². The molecule has 0 bridgehead atoms. The Hall–Kier alpha value is -1.61. The third kappa shape index (κ3) is 2.94. The fourth-order valence-electron chi connectivity index (χ4n) is 1.53. The Kier molecular flexibility index (Phi) is 3.94. The second kappa shape index (κ2) is 5.64. The van der Waals surface area contributed by atoms with Gasteiger partial charge in [-0.15, -0.1) is 11.8 Å². The number of thioether (sulfide) groups is 1. The fourth-order valence-corrected chi connectivity index (χ4v) is 2.57. The van der Waals surface area contributed by atoms with Gasteiger partial charge in [-0.25, -0.2) is 4.98 Å². The minimum absolute atomic E-state index is 0.658. The number of aldehydes is 1. The molecule has 0 saturated heterocycles. The molecule has 1 aromatic heterocycles. The van der Waals surface area contributed by atoms with Gasteiger partial charge in [-0.05, 0) is 30.2 Å². The molecule has 1 aromatic carbocycles. The number of pyridine rings is 1. The van der Waals surface area contributed by atoms with Gasteiger partial charge in [0.15, 0.2) is 6.29 Å². The van der Waals surface area contributed by atoms with Crippen LogP contribution in [0.15, 0.2) is 47.6 Å². The second-order valence-electron chi connectivity index (χ2n) is 3.73. The van der Waals surface area contributed by atoms with E-state index in [1.165, 1.54) is 11.1 Å². The predicted molar refractivity (Wildman–Crippen MR) is 70.4 cm³/mol. The van der Waals surface area contributed by atoms with Crippen molar-refractivity contribution in [3.8, 4) is 0 Å². The molecule has 1 heterocycles. The highest BCUT2D eigenvalue weighted by molar-refractivity contribution is 7.98. The molecule has 2 nitrogen and oxygen atoms in total. The number of carbonyl (C=O) groups excluding carboxylic acids is 1. The molecule has 0 fully saturated rings. The summed E-state index contributed by atoms with van der Waals surface area (Å²) >= 11 is 1.60. The summed E-state index contributed by atoms with van der Waals surface area (Å²) in [5.74, 6) is 0.838. The molecule has 3 heteroatoms. The first-order valence-corrected chi connectivity index (χ1v) is 6.37. The quantitative estimate of drug-likeness (QED) is 0.608. The number of nitrogens with zero attached hydrogens (tertiary/aromatic N) is 1. The van der Waals surface area contributed by atoms with Crippen molar-refractivity contribution in [3.63, 3.8) is 0 Å². The summed E-state index contributed by atoms with van der Waals surface area (Å²) in [4.78, 5) is 15.1. The molecule has 86 valence electrons. The van der Waals surface area contributed by atoms with Gasteiger partial charge in [-0.3, -0.25) is 4.79 Å². The number of carbonyl (C=O) groups is 1. The number of aromatic nitrogens is 1. The molecule has 0 spiro atoms. The molecule has 2 aromatic rings. The molecule has 0 aliphatic carbocycles. The van der Waals surface area contributed by atoms with Crippen molar-refractivity contribution in [2.45, 2.75) is 17.7 Å². The van der Waals surface area contributed by atoms with Crippen LogP contribution in [0.2, 0.25) is 0 Å². The lowest BCUT2D eigenvalue weighted by atomic mass is 10.1. The molecule has 2 rings (SSSR count). The molecule has 17 heavy (non-hydrogen) atoms. The average molecular weight is 243 g/mol. The summed E-state index contributed by atoms with van der Waals surface area (Å²) in [6.45, 7) is 2.09. The third-order valence-corrected chi connectivity index (χ3v) is 3.62. The van der Waals surface area contributed by atoms with Crippen LogP contribution < -0.4 is 0 Å². The largest absolute Gasteiger partial charge is 0.298 e. The Bertz CT molecular complexity index is 525. The Morgan fingerprint density at radius 1 is 1.24 bits per heavy atom. The summed E-state index contributed by atoms with van der Waals surface area (Å²) in [5.41, 5.74) is 3.20. The summed E-state index contributed by atoms with van der Waals surface area (Å²) in [6.07, 6.45) is 2.57. The first-order valence-electron chi connectivity index (χ1n) is 5.39. The fraction of sp³-hybridized carbons (Fsp3) is 0.143. The zero-order valence-corrected chi connectivity index (χ0v) is 10.4. The van der Waals surface area contributed by atoms with Gasteiger partial charge >= 0.3 is 0 Å². The van der Waals surface area contributed by atoms with E-state index in [0.717, 1.165) is 17.1 Å². The van der Waals surface area contributed by atoms with Crippen molar-refractivity contribution in [2.75, 3.05) is 0 Å². The zero-order valence-electron chi connectivity index (χ0n) is 9.59. The molecular weight excluding hydrogens is 230 g/mol. The minimum Gasteiger partial charge on any atom is -0.298 e. The highest BCUT2D eigenvalue weighted by Gasteiger charge is 2.04. The van der Waals surface area contributed by atoms with E-state index in [1.54, 1.807) is 30.1 Å². The maximum absolute atomic E-state index is 10.9. The van der Waals surface area contributed by atoms with Gasteiger partial charge in [0.1, 0.15) is 5.03 Å². The van der Waals surface area contributed by atoms with E-state index in [9.17, 15) is 4.79 Å². The molecule has 0 amide bonds. The summed E-state index contributed by atoms with van der Waals surface area (Å²) in [6, 6.07) is 11.8. The highest BCUT2D eigenvalue weighted by atomic mass is 32.2. The lowest BCUT2D eigenvalue weighted by Crippen LogP contribution is -1.91. The number of benzene rings is 1. The Balaban J connectivity index is 2.13. The Morgan fingerprint density at radius 3 is 2.82 bits per heavy atom. The SMILES string of the molecule is Cc1ccccc1CSc1ncccc1C=O. The molecular formula is C14H13NOS. The average Bonchev–Trinajstić information content (AvgIpc) is 2.38. The van der Waals surface area contributed by atoms with E-state index < -0.39 is 0 Å². The molecule has 0 radical (unpaired) electrons. The monoisotopic (exact) mass is 243 g/mol. The molecule has 0 aliphatic heterocycles. The number of rotatable bonds is 4. The van der Waals surface area contributed by atoms with E-state index in [1.807, 2.05) is 12.1 Å². The molecule has 0 saturated carbocycles. The lowest BCUT2D eigenvalue weighted by Gasteiger charge is -2.05. The first kappa shape index (κ1) is 11.9. The van der Waals surface area contributed by atoms with Crippen LogP contribution in [0.5, 0.6) is 0 Å². The van der Waals surface area contributed by atoms with Gasteiger partial charge < -0.3 is 0 Å². The lowest BCUT2D eigenvalue weighted by molar-refractivity contribution is 0.112. The third-order valence-electron chi connectivity index (χ3n) is 2.55. The summed E-state index contributed by atoms with van der Waals surface area (Å²) < 4.78 is 0. The van der Waals surface area contributed by atoms with Crippen molar-refractivity contribution < 1.29 is 4.79 Å². The maximum atomic E-state index is 10.9. The molecule has 0 atom stereocenters. The van der Waals surface area contributed by atoms with Gasteiger partial charge in [0, 0.05) is 17.5 Å². The highest BCUT2D eigenvalue weighted by Crippen LogP contribution is 2.24. The van der Waals surface area contributed by atoms with Crippen molar-refractivity contribution in [1.82, 2.24) is 4.98 Å². The molecule has 0 unspecified atom stereocenters. The number of aryl methyl sites for hydroxylation is 1. The van der Waals surface area contributed by atoms with Crippen LogP contribution in [0.4, 0.5) is 0 Å². The number of hydrogen-bond acceptors (Lipinski definition) is 3. The summed E-state index contributed by atoms with van der Waals surface area (Å²) in [5, 5.41) is 0.797. The van der Waals surface area contributed by atoms with Crippen LogP contribution in [0, 0.1) is 6.92 Å². The van der Waals surface area contributed by atoms with Crippen molar-refractivity contribution in [3.05, 3.63) is 59.3 Å². The van der Waals surface area contributed by atoms with Gasteiger partial charge in [0.25, 0.3) is 0 Å². The van der Waals surface area contributed by atoms with Crippen LogP contribution in [0.25, 0.3) is 0 Å². The molecule has 0 aliphatic rings. The van der Waals surface area contributed by atoms with Crippen LogP contribution in [0.1, 0.15) is 21.5 Å². The van der Waals surface area contributed by atoms with E-state index in [0.29, 0.717) is 5.56 Å². The van der Waals surface area contributed by atoms with Gasteiger partial charge in [0.2, 0.25) is 0 Å². The second-order valence-corrected chi connectivity index (χ2v) is 4.69. The van der Waals surface area contributed by atoms with Crippen molar-refractivity contribution in [1.29, 1.82) is 0 Å². The van der Waals surface area contributed by atoms with Crippen molar-refractivity contribution in [2.24, 2.45) is 0 Å². The predicted octanol–water partition coefficient (Wildman–Crippen LogP) is 3.49. The van der Waals surface area contributed by atoms with Crippen molar-refractivity contribution >= 4 is 18.0 Å². The van der Waals surface area contributed by atoms with Gasteiger partial charge in [-0.2, -0.15) is 0 Å². The molecule has 0 N–H and O–H groups in total. The van der Waals surface area contributed by atoms with Crippen LogP contribution in [-0.4, -0.2) is 11.3 Å². The van der Waals surface area contributed by atoms with Crippen LogP contribution in [-0.2, 0) is 5.75 Å². The van der Waals surface area contributed by atoms with E-state index in [-0.39, 0.29) is 0 Å². The van der Waals surface area contributed by atoms with E-state index in [4.69, 9.17) is 0 Å². The number of hydrogen-bond donors (Lipinski definition) is 0. The standard InChI is InChI=1S/C14H13NOS/c1-11-5-2-3-6-13(11)10-17-14-12(9-16)7-4-8-15-14/h2-9H,10H2,1H3. The Labute approximate surface area is 105 Å². The zero-order chi connectivity index (χ0) is 12.1. The first-order chi connectivity index (χ1) is 8.31. The van der Waals surface area contributed by atoms with Gasteiger partial charge in [0.05, 0.1) is 0 Å². The normalized spacial score (nSPS) is 10.2. The van der Waals surface area contributed by atoms with E-state index >= 15 is 0 Å². The van der Waals surface area contributed by atoms with Crippen LogP contribution in [0.3, 0.4) is 0 Å². The van der Waals surface area contributed by atoms with Gasteiger partial charge in [-0.1, -0.05) is 24.3 Å². The summed E-state index contributed by atoms with van der Waals surface area (Å²) in [7, 11) is 0. The topological polar surface area (TPSA) is 30.0 Å².